The number of nitrogens with one attached hydrogen (secondary N) is 1. The first kappa shape index (κ1) is 11.8. The number of aryl methyl sites for hydroxylation is 1. The fraction of sp³-hybridized carbons (Fsp3) is 0.357. The van der Waals surface area contributed by atoms with Crippen molar-refractivity contribution in [2.75, 3.05) is 0 Å². The van der Waals surface area contributed by atoms with Crippen molar-refractivity contribution in [3.8, 4) is 0 Å². The second-order valence-electron chi connectivity index (χ2n) is 4.92. The first-order valence-corrected chi connectivity index (χ1v) is 6.65. The predicted octanol–water partition coefficient (Wildman–Crippen LogP) is 2.47. The lowest BCUT2D eigenvalue weighted by Crippen LogP contribution is -2.27. The van der Waals surface area contributed by atoms with Gasteiger partial charge in [0.25, 0.3) is 0 Å². The number of nitrogens with two attached hydrogens (primary N) is 1. The molecule has 94 valence electrons. The molecule has 1 unspecified atom stereocenters. The Bertz CT molecular complexity index is 562. The molecule has 0 aliphatic heterocycles. The molecule has 1 aromatic carbocycles. The van der Waals surface area contributed by atoms with Crippen LogP contribution in [0.3, 0.4) is 0 Å². The summed E-state index contributed by atoms with van der Waals surface area (Å²) in [6.07, 6.45) is 3.73. The molecule has 3 nitrogen and oxygen atoms in total. The highest BCUT2D eigenvalue weighted by Crippen LogP contribution is 2.20. The zero-order valence-corrected chi connectivity index (χ0v) is 10.9. The Hall–Kier alpha value is -1.32. The summed E-state index contributed by atoms with van der Waals surface area (Å²) in [7, 11) is 0. The van der Waals surface area contributed by atoms with E-state index < -0.39 is 0 Å². The van der Waals surface area contributed by atoms with Crippen LogP contribution in [0.4, 0.5) is 0 Å². The van der Waals surface area contributed by atoms with E-state index in [1.165, 1.54) is 17.0 Å². The molecule has 1 atom stereocenters. The quantitative estimate of drug-likeness (QED) is 0.873. The summed E-state index contributed by atoms with van der Waals surface area (Å²) in [5, 5.41) is 0.769. The topological polar surface area (TPSA) is 54.7 Å². The van der Waals surface area contributed by atoms with Crippen LogP contribution in [0.2, 0.25) is 5.02 Å². The molecule has 0 bridgehead atoms. The Labute approximate surface area is 111 Å². The minimum Gasteiger partial charge on any atom is -0.345 e. The van der Waals surface area contributed by atoms with Crippen molar-refractivity contribution in [3.63, 3.8) is 0 Å². The van der Waals surface area contributed by atoms with E-state index in [1.807, 2.05) is 18.2 Å². The standard InChI is InChI=1S/C14H16ClN3/c15-10-3-1-2-9(6-10)7-14-17-12-5-4-11(16)8-13(12)18-14/h1-3,6,11H,4-5,7-8,16H2,(H,17,18). The van der Waals surface area contributed by atoms with Gasteiger partial charge >= 0.3 is 0 Å². The molecule has 0 amide bonds. The van der Waals surface area contributed by atoms with Gasteiger partial charge in [-0.25, -0.2) is 4.98 Å². The SMILES string of the molecule is NC1CCc2nc(Cc3cccc(Cl)c3)[nH]c2C1. The van der Waals surface area contributed by atoms with Gasteiger partial charge in [0, 0.05) is 29.6 Å². The third-order valence-corrected chi connectivity index (χ3v) is 3.63. The van der Waals surface area contributed by atoms with Crippen molar-refractivity contribution in [1.82, 2.24) is 9.97 Å². The third-order valence-electron chi connectivity index (χ3n) is 3.39. The Morgan fingerprint density at radius 3 is 3.17 bits per heavy atom. The summed E-state index contributed by atoms with van der Waals surface area (Å²) >= 11 is 5.98. The van der Waals surface area contributed by atoms with Crippen LogP contribution in [0.1, 0.15) is 29.2 Å². The smallest absolute Gasteiger partial charge is 0.110 e. The molecule has 0 saturated heterocycles. The van der Waals surface area contributed by atoms with Gasteiger partial charge in [0.2, 0.25) is 0 Å². The molecule has 1 aliphatic carbocycles. The van der Waals surface area contributed by atoms with Gasteiger partial charge in [0.15, 0.2) is 0 Å². The van der Waals surface area contributed by atoms with Crippen LogP contribution in [0.15, 0.2) is 24.3 Å². The molecule has 0 spiro atoms. The molecular formula is C14H16ClN3. The lowest BCUT2D eigenvalue weighted by atomic mass is 9.97. The van der Waals surface area contributed by atoms with Crippen molar-refractivity contribution >= 4 is 11.6 Å². The number of imidazole rings is 1. The maximum Gasteiger partial charge on any atom is 0.110 e. The van der Waals surface area contributed by atoms with Gasteiger partial charge in [-0.2, -0.15) is 0 Å². The summed E-state index contributed by atoms with van der Waals surface area (Å²) < 4.78 is 0. The number of aromatic amines is 1. The number of hydrogen-bond acceptors (Lipinski definition) is 2. The van der Waals surface area contributed by atoms with Crippen LogP contribution in [0, 0.1) is 0 Å². The summed E-state index contributed by atoms with van der Waals surface area (Å²) in [6.45, 7) is 0. The summed E-state index contributed by atoms with van der Waals surface area (Å²) in [5.74, 6) is 1.01. The van der Waals surface area contributed by atoms with Crippen LogP contribution in [-0.4, -0.2) is 16.0 Å². The van der Waals surface area contributed by atoms with E-state index in [1.54, 1.807) is 0 Å². The highest BCUT2D eigenvalue weighted by atomic mass is 35.5. The van der Waals surface area contributed by atoms with E-state index in [-0.39, 0.29) is 6.04 Å². The molecular weight excluding hydrogens is 246 g/mol. The zero-order valence-electron chi connectivity index (χ0n) is 10.1. The average molecular weight is 262 g/mol. The van der Waals surface area contributed by atoms with E-state index in [2.05, 4.69) is 16.0 Å². The normalized spacial score (nSPS) is 18.7. The van der Waals surface area contributed by atoms with Crippen LogP contribution >= 0.6 is 11.6 Å². The van der Waals surface area contributed by atoms with Crippen molar-refractivity contribution in [3.05, 3.63) is 52.1 Å². The fourth-order valence-corrected chi connectivity index (χ4v) is 2.70. The van der Waals surface area contributed by atoms with Crippen molar-refractivity contribution in [1.29, 1.82) is 0 Å². The molecule has 3 N–H and O–H groups in total. The van der Waals surface area contributed by atoms with E-state index in [0.29, 0.717) is 0 Å². The summed E-state index contributed by atoms with van der Waals surface area (Å²) in [4.78, 5) is 8.05. The van der Waals surface area contributed by atoms with Gasteiger partial charge in [0.1, 0.15) is 5.82 Å². The highest BCUT2D eigenvalue weighted by molar-refractivity contribution is 6.30. The fourth-order valence-electron chi connectivity index (χ4n) is 2.49. The molecule has 1 aliphatic rings. The molecule has 1 heterocycles. The van der Waals surface area contributed by atoms with Gasteiger partial charge in [0.05, 0.1) is 5.69 Å². The van der Waals surface area contributed by atoms with Crippen molar-refractivity contribution in [2.45, 2.75) is 31.7 Å². The Morgan fingerprint density at radius 1 is 1.44 bits per heavy atom. The summed E-state index contributed by atoms with van der Waals surface area (Å²) in [6, 6.07) is 8.18. The lowest BCUT2D eigenvalue weighted by molar-refractivity contribution is 0.565. The van der Waals surface area contributed by atoms with Crippen LogP contribution < -0.4 is 5.73 Å². The average Bonchev–Trinajstić information content (AvgIpc) is 2.70. The van der Waals surface area contributed by atoms with E-state index in [4.69, 9.17) is 17.3 Å². The number of benzene rings is 1. The number of halogens is 1. The van der Waals surface area contributed by atoms with Gasteiger partial charge in [-0.3, -0.25) is 0 Å². The lowest BCUT2D eigenvalue weighted by Gasteiger charge is -2.15. The Kier molecular flexibility index (Phi) is 3.10. The number of rotatable bonds is 2. The molecule has 3 rings (SSSR count). The van der Waals surface area contributed by atoms with Gasteiger partial charge in [-0.05, 0) is 30.5 Å². The molecule has 1 aromatic heterocycles. The van der Waals surface area contributed by atoms with Gasteiger partial charge in [-0.1, -0.05) is 23.7 Å². The Morgan fingerprint density at radius 2 is 2.33 bits per heavy atom. The Balaban J connectivity index is 1.82. The minimum absolute atomic E-state index is 0.275. The van der Waals surface area contributed by atoms with Crippen molar-refractivity contribution in [2.24, 2.45) is 5.73 Å². The van der Waals surface area contributed by atoms with E-state index >= 15 is 0 Å². The number of nitrogens with zero attached hydrogens (tertiary/aromatic N) is 1. The number of hydrogen-bond donors (Lipinski definition) is 2. The van der Waals surface area contributed by atoms with Crippen molar-refractivity contribution < 1.29 is 0 Å². The first-order valence-electron chi connectivity index (χ1n) is 6.27. The minimum atomic E-state index is 0.275. The molecule has 18 heavy (non-hydrogen) atoms. The first-order chi connectivity index (χ1) is 8.70. The second-order valence-corrected chi connectivity index (χ2v) is 5.35. The maximum atomic E-state index is 5.98. The monoisotopic (exact) mass is 261 g/mol. The van der Waals surface area contributed by atoms with E-state index in [9.17, 15) is 0 Å². The highest BCUT2D eigenvalue weighted by Gasteiger charge is 2.19. The molecule has 4 heteroatoms. The number of aromatic nitrogens is 2. The third kappa shape index (κ3) is 2.42. The van der Waals surface area contributed by atoms with Crippen LogP contribution in [0.5, 0.6) is 0 Å². The van der Waals surface area contributed by atoms with Gasteiger partial charge in [-0.15, -0.1) is 0 Å². The van der Waals surface area contributed by atoms with Crippen LogP contribution in [-0.2, 0) is 19.3 Å². The van der Waals surface area contributed by atoms with Crippen LogP contribution in [0.25, 0.3) is 0 Å². The number of fused-ring (bicyclic) bond motifs is 1. The zero-order chi connectivity index (χ0) is 12.5. The van der Waals surface area contributed by atoms with E-state index in [0.717, 1.165) is 36.5 Å². The maximum absolute atomic E-state index is 5.98. The largest absolute Gasteiger partial charge is 0.345 e. The molecule has 0 saturated carbocycles. The molecule has 2 aromatic rings. The molecule has 0 fully saturated rings. The predicted molar refractivity (Wildman–Crippen MR) is 72.8 cm³/mol. The molecule has 0 radical (unpaired) electrons. The second kappa shape index (κ2) is 4.75. The summed E-state index contributed by atoms with van der Waals surface area (Å²) in [5.41, 5.74) is 9.55. The number of H-pyrrole nitrogens is 1. The van der Waals surface area contributed by atoms with Gasteiger partial charge < -0.3 is 10.7 Å².